The first-order valence-corrected chi connectivity index (χ1v) is 11.2. The van der Waals surface area contributed by atoms with E-state index in [1.165, 1.54) is 17.0 Å². The van der Waals surface area contributed by atoms with Crippen LogP contribution in [0.15, 0.2) is 55.1 Å². The Morgan fingerprint density at radius 1 is 1.18 bits per heavy atom. The minimum absolute atomic E-state index is 0.152. The van der Waals surface area contributed by atoms with Gasteiger partial charge in [-0.2, -0.15) is 0 Å². The SMILES string of the molecule is CCCN(CCOc1c(Cl)cc(Cl)cc1Cl)C(=O)n1ccnc1.NNc1ccccc1C(=O)O. The molecule has 0 bridgehead atoms. The Bertz CT molecular complexity index is 1070. The monoisotopic (exact) mass is 527 g/mol. The number of hydrazine groups is 1. The van der Waals surface area contributed by atoms with Crippen molar-refractivity contribution in [3.63, 3.8) is 0 Å². The average Bonchev–Trinajstić information content (AvgIpc) is 3.35. The lowest BCUT2D eigenvalue weighted by molar-refractivity contribution is 0.0698. The number of ether oxygens (including phenoxy) is 1. The number of carboxylic acids is 1. The second kappa shape index (κ2) is 13.7. The minimum atomic E-state index is -0.987. The van der Waals surface area contributed by atoms with Gasteiger partial charge in [0, 0.05) is 24.0 Å². The molecule has 4 N–H and O–H groups in total. The summed E-state index contributed by atoms with van der Waals surface area (Å²) in [6.07, 6.45) is 5.48. The minimum Gasteiger partial charge on any atom is -0.489 e. The number of halogens is 3. The van der Waals surface area contributed by atoms with E-state index in [4.69, 9.17) is 50.5 Å². The number of nitrogens with one attached hydrogen (secondary N) is 1. The molecule has 0 aliphatic rings. The molecule has 0 atom stereocenters. The van der Waals surface area contributed by atoms with Crippen LogP contribution < -0.4 is 16.0 Å². The van der Waals surface area contributed by atoms with Gasteiger partial charge in [0.1, 0.15) is 12.9 Å². The zero-order valence-electron chi connectivity index (χ0n) is 18.2. The number of anilines is 1. The highest BCUT2D eigenvalue weighted by Crippen LogP contribution is 2.35. The van der Waals surface area contributed by atoms with E-state index < -0.39 is 5.97 Å². The van der Waals surface area contributed by atoms with Crippen LogP contribution in [0.25, 0.3) is 0 Å². The topological polar surface area (TPSA) is 123 Å². The van der Waals surface area contributed by atoms with Crippen LogP contribution in [0.2, 0.25) is 15.1 Å². The zero-order valence-corrected chi connectivity index (χ0v) is 20.5. The van der Waals surface area contributed by atoms with Crippen LogP contribution in [0, 0.1) is 0 Å². The Hall–Kier alpha value is -2.98. The van der Waals surface area contributed by atoms with E-state index in [0.29, 0.717) is 39.6 Å². The molecule has 9 nitrogen and oxygen atoms in total. The second-order valence-corrected chi connectivity index (χ2v) is 8.03. The number of carbonyl (C=O) groups excluding carboxylic acids is 1. The third-order valence-electron chi connectivity index (χ3n) is 4.37. The molecule has 3 rings (SSSR count). The molecule has 0 saturated carbocycles. The van der Waals surface area contributed by atoms with Gasteiger partial charge in [0.05, 0.1) is 27.8 Å². The molecule has 3 aromatic rings. The first kappa shape index (κ1) is 27.3. The molecule has 0 spiro atoms. The molecule has 1 amide bonds. The lowest BCUT2D eigenvalue weighted by Gasteiger charge is -2.22. The van der Waals surface area contributed by atoms with Gasteiger partial charge in [-0.1, -0.05) is 53.9 Å². The molecule has 1 aromatic heterocycles. The maximum atomic E-state index is 12.3. The normalized spacial score (nSPS) is 10.1. The molecule has 0 aliphatic carbocycles. The summed E-state index contributed by atoms with van der Waals surface area (Å²) in [5.74, 6) is 4.45. The lowest BCUT2D eigenvalue weighted by Crippen LogP contribution is -2.37. The Labute approximate surface area is 212 Å². The van der Waals surface area contributed by atoms with E-state index in [1.54, 1.807) is 47.6 Å². The molecule has 0 saturated heterocycles. The molecular formula is C22H24Cl3N5O4. The van der Waals surface area contributed by atoms with Gasteiger partial charge in [-0.25, -0.2) is 14.6 Å². The smallest absolute Gasteiger partial charge is 0.337 e. The van der Waals surface area contributed by atoms with Gasteiger partial charge in [-0.15, -0.1) is 0 Å². The van der Waals surface area contributed by atoms with Crippen molar-refractivity contribution < 1.29 is 19.4 Å². The number of benzene rings is 2. The number of nitrogen functional groups attached to an aromatic ring is 1. The molecule has 0 radical (unpaired) electrons. The highest BCUT2D eigenvalue weighted by Gasteiger charge is 2.15. The summed E-state index contributed by atoms with van der Waals surface area (Å²) in [5.41, 5.74) is 2.89. The average molecular weight is 529 g/mol. The number of para-hydroxylation sites is 1. The number of carboxylic acid groups (broad SMARTS) is 1. The van der Waals surface area contributed by atoms with Gasteiger partial charge in [0.15, 0.2) is 5.75 Å². The number of aromatic nitrogens is 2. The van der Waals surface area contributed by atoms with Crippen LogP contribution in [0.4, 0.5) is 10.5 Å². The van der Waals surface area contributed by atoms with Crippen molar-refractivity contribution in [1.82, 2.24) is 14.5 Å². The molecule has 2 aromatic carbocycles. The van der Waals surface area contributed by atoms with E-state index in [1.807, 2.05) is 6.92 Å². The summed E-state index contributed by atoms with van der Waals surface area (Å²) in [6, 6.07) is 9.41. The van der Waals surface area contributed by atoms with E-state index >= 15 is 0 Å². The van der Waals surface area contributed by atoms with Crippen LogP contribution in [-0.4, -0.2) is 51.3 Å². The number of nitrogens with two attached hydrogens (primary N) is 1. The fourth-order valence-electron chi connectivity index (χ4n) is 2.83. The number of carbonyl (C=O) groups is 2. The van der Waals surface area contributed by atoms with Crippen molar-refractivity contribution in [3.8, 4) is 5.75 Å². The Morgan fingerprint density at radius 3 is 2.38 bits per heavy atom. The molecule has 0 aliphatic heterocycles. The third kappa shape index (κ3) is 7.81. The van der Waals surface area contributed by atoms with Gasteiger partial charge in [-0.3, -0.25) is 10.4 Å². The fraction of sp³-hybridized carbons (Fsp3) is 0.227. The number of imidazole rings is 1. The number of nitrogens with zero attached hydrogens (tertiary/aromatic N) is 3. The number of hydrogen-bond donors (Lipinski definition) is 3. The zero-order chi connectivity index (χ0) is 25.1. The van der Waals surface area contributed by atoms with Crippen LogP contribution in [0.3, 0.4) is 0 Å². The standard InChI is InChI=1S/C15H16Cl3N3O2.C7H8N2O2/c1-2-4-20(15(22)21-5-3-19-10-21)6-7-23-14-12(17)8-11(16)9-13(14)18;8-9-6-4-2-1-3-5(6)7(10)11/h3,5,8-10H,2,4,6-7H2,1H3;1-4,9H,8H2,(H,10,11). The van der Waals surface area contributed by atoms with E-state index in [2.05, 4.69) is 10.4 Å². The van der Waals surface area contributed by atoms with Crippen molar-refractivity contribution >= 4 is 52.5 Å². The predicted octanol–water partition coefficient (Wildman–Crippen LogP) is 5.27. The summed E-state index contributed by atoms with van der Waals surface area (Å²) in [6.45, 7) is 3.28. The molecule has 182 valence electrons. The van der Waals surface area contributed by atoms with Gasteiger partial charge in [0.25, 0.3) is 0 Å². The first-order chi connectivity index (χ1) is 16.3. The van der Waals surface area contributed by atoms with Gasteiger partial charge < -0.3 is 20.2 Å². The first-order valence-electron chi connectivity index (χ1n) is 10.1. The summed E-state index contributed by atoms with van der Waals surface area (Å²) in [4.78, 5) is 28.4. The van der Waals surface area contributed by atoms with Crippen molar-refractivity contribution in [2.75, 3.05) is 25.1 Å². The van der Waals surface area contributed by atoms with Crippen LogP contribution in [0.5, 0.6) is 5.75 Å². The summed E-state index contributed by atoms with van der Waals surface area (Å²) < 4.78 is 7.05. The van der Waals surface area contributed by atoms with Crippen molar-refractivity contribution in [1.29, 1.82) is 0 Å². The number of aromatic carboxylic acids is 1. The molecule has 12 heteroatoms. The van der Waals surface area contributed by atoms with Gasteiger partial charge in [0.2, 0.25) is 0 Å². The van der Waals surface area contributed by atoms with Crippen LogP contribution in [-0.2, 0) is 0 Å². The lowest BCUT2D eigenvalue weighted by atomic mass is 10.2. The molecule has 0 unspecified atom stereocenters. The van der Waals surface area contributed by atoms with Crippen molar-refractivity contribution in [3.05, 3.63) is 75.8 Å². The number of hydrogen-bond acceptors (Lipinski definition) is 6. The summed E-state index contributed by atoms with van der Waals surface area (Å²) >= 11 is 18.0. The maximum Gasteiger partial charge on any atom is 0.337 e. The van der Waals surface area contributed by atoms with Crippen molar-refractivity contribution in [2.45, 2.75) is 13.3 Å². The molecule has 34 heavy (non-hydrogen) atoms. The number of rotatable bonds is 8. The van der Waals surface area contributed by atoms with Crippen LogP contribution >= 0.6 is 34.8 Å². The fourth-order valence-corrected chi connectivity index (χ4v) is 3.75. The van der Waals surface area contributed by atoms with Crippen molar-refractivity contribution in [2.24, 2.45) is 5.84 Å². The summed E-state index contributed by atoms with van der Waals surface area (Å²) in [5, 5.41) is 9.72. The van der Waals surface area contributed by atoms with Gasteiger partial charge in [-0.05, 0) is 30.7 Å². The molecule has 0 fully saturated rings. The second-order valence-electron chi connectivity index (χ2n) is 6.78. The highest BCUT2D eigenvalue weighted by atomic mass is 35.5. The van der Waals surface area contributed by atoms with E-state index in [-0.39, 0.29) is 18.2 Å². The highest BCUT2D eigenvalue weighted by molar-refractivity contribution is 6.40. The molecule has 1 heterocycles. The van der Waals surface area contributed by atoms with Crippen LogP contribution in [0.1, 0.15) is 23.7 Å². The predicted molar refractivity (Wildman–Crippen MR) is 133 cm³/mol. The molecular weight excluding hydrogens is 505 g/mol. The number of amides is 1. The Balaban J connectivity index is 0.000000310. The largest absolute Gasteiger partial charge is 0.489 e. The quantitative estimate of drug-likeness (QED) is 0.269. The summed E-state index contributed by atoms with van der Waals surface area (Å²) in [7, 11) is 0. The van der Waals surface area contributed by atoms with Gasteiger partial charge >= 0.3 is 12.0 Å². The Morgan fingerprint density at radius 2 is 1.85 bits per heavy atom. The maximum absolute atomic E-state index is 12.3. The Kier molecular flexibility index (Phi) is 11.0. The van der Waals surface area contributed by atoms with E-state index in [0.717, 1.165) is 6.42 Å². The third-order valence-corrected chi connectivity index (χ3v) is 5.15. The van der Waals surface area contributed by atoms with E-state index in [9.17, 15) is 9.59 Å².